The predicted octanol–water partition coefficient (Wildman–Crippen LogP) is 1.42. The molecule has 2 saturated heterocycles. The van der Waals surface area contributed by atoms with Crippen molar-refractivity contribution in [3.05, 3.63) is 59.6 Å². The number of aryl methyl sites for hydroxylation is 2. The highest BCUT2D eigenvalue weighted by Gasteiger charge is 2.47. The third-order valence-electron chi connectivity index (χ3n) is 6.18. The summed E-state index contributed by atoms with van der Waals surface area (Å²) in [6, 6.07) is 6.04. The SMILES string of the molecule is Cc1cnc(CNC(=O)[C@H]2C[C@]3(CO2)CN(Cc2c(C)nc4ccccn24)CCO3)nc1. The molecule has 9 nitrogen and oxygen atoms in total. The highest BCUT2D eigenvalue weighted by atomic mass is 16.6. The monoisotopic (exact) mass is 436 g/mol. The van der Waals surface area contributed by atoms with Crippen molar-refractivity contribution in [2.24, 2.45) is 0 Å². The van der Waals surface area contributed by atoms with Gasteiger partial charge in [-0.25, -0.2) is 15.0 Å². The van der Waals surface area contributed by atoms with Crippen LogP contribution in [0.3, 0.4) is 0 Å². The molecule has 0 aliphatic carbocycles. The molecule has 1 amide bonds. The fourth-order valence-electron chi connectivity index (χ4n) is 4.50. The Kier molecular flexibility index (Phi) is 5.62. The molecule has 0 aromatic carbocycles. The second kappa shape index (κ2) is 8.57. The van der Waals surface area contributed by atoms with Crippen LogP contribution in [0.15, 0.2) is 36.8 Å². The largest absolute Gasteiger partial charge is 0.370 e. The zero-order valence-electron chi connectivity index (χ0n) is 18.5. The normalized spacial score (nSPS) is 23.8. The number of rotatable bonds is 5. The quantitative estimate of drug-likeness (QED) is 0.646. The van der Waals surface area contributed by atoms with Crippen LogP contribution < -0.4 is 5.32 Å². The summed E-state index contributed by atoms with van der Waals surface area (Å²) < 4.78 is 14.2. The Morgan fingerprint density at radius 2 is 2.12 bits per heavy atom. The van der Waals surface area contributed by atoms with Crippen molar-refractivity contribution >= 4 is 11.6 Å². The fraction of sp³-hybridized carbons (Fsp3) is 0.478. The van der Waals surface area contributed by atoms with E-state index in [9.17, 15) is 4.79 Å². The summed E-state index contributed by atoms with van der Waals surface area (Å²) in [5, 5.41) is 2.89. The van der Waals surface area contributed by atoms with E-state index in [1.807, 2.05) is 25.1 Å². The van der Waals surface area contributed by atoms with Gasteiger partial charge < -0.3 is 19.2 Å². The van der Waals surface area contributed by atoms with Crippen LogP contribution in [0.5, 0.6) is 0 Å². The molecule has 168 valence electrons. The second-order valence-corrected chi connectivity index (χ2v) is 8.71. The molecule has 0 saturated carbocycles. The van der Waals surface area contributed by atoms with Gasteiger partial charge >= 0.3 is 0 Å². The van der Waals surface area contributed by atoms with Crippen molar-refractivity contribution in [2.75, 3.05) is 26.3 Å². The Balaban J connectivity index is 1.20. The van der Waals surface area contributed by atoms with Gasteiger partial charge in [0.2, 0.25) is 5.91 Å². The van der Waals surface area contributed by atoms with Crippen LogP contribution in [0.25, 0.3) is 5.65 Å². The first-order valence-electron chi connectivity index (χ1n) is 11.0. The summed E-state index contributed by atoms with van der Waals surface area (Å²) in [5.41, 5.74) is 3.70. The number of aromatic nitrogens is 4. The topological polar surface area (TPSA) is 93.9 Å². The first kappa shape index (κ1) is 21.0. The highest BCUT2D eigenvalue weighted by Crippen LogP contribution is 2.32. The number of hydrogen-bond donors (Lipinski definition) is 1. The molecule has 2 aliphatic rings. The minimum Gasteiger partial charge on any atom is -0.370 e. The maximum atomic E-state index is 12.7. The van der Waals surface area contributed by atoms with Crippen molar-refractivity contribution in [2.45, 2.75) is 45.1 Å². The van der Waals surface area contributed by atoms with Crippen molar-refractivity contribution < 1.29 is 14.3 Å². The fourth-order valence-corrected chi connectivity index (χ4v) is 4.50. The molecule has 2 aliphatic heterocycles. The third kappa shape index (κ3) is 4.23. The Labute approximate surface area is 186 Å². The van der Waals surface area contributed by atoms with Gasteiger partial charge in [-0.3, -0.25) is 9.69 Å². The van der Waals surface area contributed by atoms with E-state index in [2.05, 4.69) is 42.7 Å². The summed E-state index contributed by atoms with van der Waals surface area (Å²) in [6.45, 7) is 7.63. The molecule has 32 heavy (non-hydrogen) atoms. The number of carbonyl (C=O) groups is 1. The van der Waals surface area contributed by atoms with Crippen LogP contribution >= 0.6 is 0 Å². The Bertz CT molecular complexity index is 1110. The zero-order valence-corrected chi connectivity index (χ0v) is 18.5. The molecule has 3 aromatic heterocycles. The molecule has 2 fully saturated rings. The van der Waals surface area contributed by atoms with E-state index in [-0.39, 0.29) is 12.5 Å². The van der Waals surface area contributed by atoms with Crippen molar-refractivity contribution in [1.82, 2.24) is 29.6 Å². The number of ether oxygens (including phenoxy) is 2. The molecule has 5 rings (SSSR count). The minimum absolute atomic E-state index is 0.149. The Morgan fingerprint density at radius 3 is 2.97 bits per heavy atom. The third-order valence-corrected chi connectivity index (χ3v) is 6.18. The van der Waals surface area contributed by atoms with Gasteiger partial charge in [-0.05, 0) is 31.5 Å². The average Bonchev–Trinajstić information content (AvgIpc) is 3.34. The average molecular weight is 437 g/mol. The number of fused-ring (bicyclic) bond motifs is 1. The van der Waals surface area contributed by atoms with Gasteiger partial charge in [-0.2, -0.15) is 0 Å². The lowest BCUT2D eigenvalue weighted by atomic mass is 9.97. The molecule has 1 spiro atoms. The first-order valence-corrected chi connectivity index (χ1v) is 11.0. The maximum absolute atomic E-state index is 12.7. The molecule has 2 atom stereocenters. The Morgan fingerprint density at radius 1 is 1.28 bits per heavy atom. The van der Waals surface area contributed by atoms with Gasteiger partial charge in [0.15, 0.2) is 0 Å². The smallest absolute Gasteiger partial charge is 0.249 e. The molecular weight excluding hydrogens is 408 g/mol. The molecule has 0 radical (unpaired) electrons. The Hall–Kier alpha value is -2.88. The number of morpholine rings is 1. The van der Waals surface area contributed by atoms with Gasteiger partial charge in [-0.1, -0.05) is 6.07 Å². The van der Waals surface area contributed by atoms with Crippen LogP contribution in [0.1, 0.15) is 29.2 Å². The number of carbonyl (C=O) groups excluding carboxylic acids is 1. The molecule has 3 aromatic rings. The molecule has 0 unspecified atom stereocenters. The number of nitrogens with one attached hydrogen (secondary N) is 1. The minimum atomic E-state index is -0.530. The lowest BCUT2D eigenvalue weighted by molar-refractivity contribution is -0.130. The van der Waals surface area contributed by atoms with Crippen molar-refractivity contribution in [3.63, 3.8) is 0 Å². The molecule has 0 bridgehead atoms. The second-order valence-electron chi connectivity index (χ2n) is 8.71. The van der Waals surface area contributed by atoms with E-state index < -0.39 is 11.7 Å². The molecular formula is C23H28N6O3. The first-order chi connectivity index (χ1) is 15.5. The molecule has 1 N–H and O–H groups in total. The van der Waals surface area contributed by atoms with E-state index in [0.717, 1.165) is 36.5 Å². The summed E-state index contributed by atoms with van der Waals surface area (Å²) >= 11 is 0. The van der Waals surface area contributed by atoms with Crippen LogP contribution in [0, 0.1) is 13.8 Å². The van der Waals surface area contributed by atoms with Gasteiger partial charge in [0.25, 0.3) is 0 Å². The van der Waals surface area contributed by atoms with Gasteiger partial charge in [0.1, 0.15) is 23.2 Å². The van der Waals surface area contributed by atoms with Crippen LogP contribution in [-0.4, -0.2) is 68.2 Å². The highest BCUT2D eigenvalue weighted by molar-refractivity contribution is 5.81. The van der Waals surface area contributed by atoms with E-state index in [1.54, 1.807) is 12.4 Å². The number of nitrogens with zero attached hydrogens (tertiary/aromatic N) is 5. The molecule has 9 heteroatoms. The van der Waals surface area contributed by atoms with Crippen LogP contribution in [0.4, 0.5) is 0 Å². The summed E-state index contributed by atoms with van der Waals surface area (Å²) in [4.78, 5) is 28.2. The summed E-state index contributed by atoms with van der Waals surface area (Å²) in [5.74, 6) is 0.435. The van der Waals surface area contributed by atoms with Gasteiger partial charge in [0, 0.05) is 44.6 Å². The predicted molar refractivity (Wildman–Crippen MR) is 117 cm³/mol. The number of pyridine rings is 1. The number of imidazole rings is 1. The van der Waals surface area contributed by atoms with E-state index in [1.165, 1.54) is 5.69 Å². The summed E-state index contributed by atoms with van der Waals surface area (Å²) in [7, 11) is 0. The number of hydrogen-bond acceptors (Lipinski definition) is 7. The lowest BCUT2D eigenvalue weighted by Crippen LogP contribution is -2.52. The van der Waals surface area contributed by atoms with E-state index in [4.69, 9.17) is 9.47 Å². The van der Waals surface area contributed by atoms with E-state index >= 15 is 0 Å². The van der Waals surface area contributed by atoms with Gasteiger partial charge in [0.05, 0.1) is 31.1 Å². The van der Waals surface area contributed by atoms with Crippen molar-refractivity contribution in [3.8, 4) is 0 Å². The van der Waals surface area contributed by atoms with Crippen LogP contribution in [0.2, 0.25) is 0 Å². The maximum Gasteiger partial charge on any atom is 0.249 e. The van der Waals surface area contributed by atoms with Crippen LogP contribution in [-0.2, 0) is 27.4 Å². The lowest BCUT2D eigenvalue weighted by Gasteiger charge is -2.39. The zero-order chi connectivity index (χ0) is 22.1. The van der Waals surface area contributed by atoms with Gasteiger partial charge in [-0.15, -0.1) is 0 Å². The standard InChI is InChI=1S/C23H28N6O3/c1-16-10-24-20(25-11-16)12-26-22(30)19-9-23(15-31-19)14-28(7-8-32-23)13-18-17(2)27-21-5-3-4-6-29(18)21/h3-6,10-11,19H,7-9,12-15H2,1-2H3,(H,26,30)/t19-,23-/m1/s1. The summed E-state index contributed by atoms with van der Waals surface area (Å²) in [6.07, 6.45) is 5.54. The molecule has 5 heterocycles. The van der Waals surface area contributed by atoms with E-state index in [0.29, 0.717) is 25.5 Å². The van der Waals surface area contributed by atoms with Crippen molar-refractivity contribution in [1.29, 1.82) is 0 Å². The number of amides is 1.